The molecule has 3 heteroatoms. The Labute approximate surface area is 140 Å². The van der Waals surface area contributed by atoms with Gasteiger partial charge < -0.3 is 10.2 Å². The van der Waals surface area contributed by atoms with Crippen LogP contribution in [0.4, 0.5) is 5.69 Å². The summed E-state index contributed by atoms with van der Waals surface area (Å²) in [5.74, 6) is 0. The fourth-order valence-corrected chi connectivity index (χ4v) is 4.27. The van der Waals surface area contributed by atoms with Crippen molar-refractivity contribution in [2.75, 3.05) is 11.4 Å². The predicted octanol–water partition coefficient (Wildman–Crippen LogP) is 4.69. The molecule has 0 heterocycles. The zero-order valence-electron chi connectivity index (χ0n) is 13.5. The summed E-state index contributed by atoms with van der Waals surface area (Å²) in [7, 11) is 0. The second-order valence-corrected chi connectivity index (χ2v) is 7.22. The van der Waals surface area contributed by atoms with Crippen molar-refractivity contribution < 1.29 is 0 Å². The Bertz CT molecular complexity index is 462. The first-order chi connectivity index (χ1) is 10.8. The first-order valence-corrected chi connectivity index (χ1v) is 9.36. The van der Waals surface area contributed by atoms with Crippen molar-refractivity contribution in [2.24, 2.45) is 0 Å². The van der Waals surface area contributed by atoms with Crippen molar-refractivity contribution in [3.8, 4) is 0 Å². The zero-order valence-corrected chi connectivity index (χ0v) is 14.3. The van der Waals surface area contributed by atoms with Crippen LogP contribution in [-0.2, 0) is 0 Å². The molecule has 0 aliphatic heterocycles. The zero-order chi connectivity index (χ0) is 15.2. The van der Waals surface area contributed by atoms with E-state index < -0.39 is 0 Å². The van der Waals surface area contributed by atoms with Crippen LogP contribution in [0.3, 0.4) is 0 Å². The highest BCUT2D eigenvalue weighted by atomic mass is 32.1. The minimum Gasteiger partial charge on any atom is -0.332 e. The normalized spacial score (nSPS) is 20.2. The summed E-state index contributed by atoms with van der Waals surface area (Å²) in [6, 6.07) is 12.0. The molecule has 2 nitrogen and oxygen atoms in total. The van der Waals surface area contributed by atoms with Crippen LogP contribution in [0.15, 0.2) is 30.3 Å². The Morgan fingerprint density at radius 1 is 0.955 bits per heavy atom. The van der Waals surface area contributed by atoms with Gasteiger partial charge in [-0.2, -0.15) is 0 Å². The van der Waals surface area contributed by atoms with E-state index in [0.29, 0.717) is 12.1 Å². The lowest BCUT2D eigenvalue weighted by molar-refractivity contribution is 0.439. The second kappa shape index (κ2) is 8.07. The fraction of sp³-hybridized carbons (Fsp3) is 0.632. The van der Waals surface area contributed by atoms with Crippen molar-refractivity contribution in [2.45, 2.75) is 69.9 Å². The molecule has 2 fully saturated rings. The highest BCUT2D eigenvalue weighted by Gasteiger charge is 2.25. The van der Waals surface area contributed by atoms with Crippen molar-refractivity contribution in [1.82, 2.24) is 5.32 Å². The Hall–Kier alpha value is -0.930. The van der Waals surface area contributed by atoms with Gasteiger partial charge in [0.15, 0.2) is 0 Å². The van der Waals surface area contributed by atoms with Gasteiger partial charge in [-0.3, -0.25) is 0 Å². The van der Waals surface area contributed by atoms with E-state index in [9.17, 15) is 0 Å². The summed E-state index contributed by atoms with van der Waals surface area (Å²) in [4.78, 5) is 3.51. The molecule has 0 spiro atoms. The topological polar surface area (TPSA) is 15.3 Å². The fourth-order valence-electron chi connectivity index (χ4n) is 3.93. The molecule has 1 aromatic rings. The van der Waals surface area contributed by atoms with Gasteiger partial charge in [-0.15, -0.1) is 0 Å². The van der Waals surface area contributed by atoms with E-state index >= 15 is 0 Å². The SMILES string of the molecule is S=C(CNC1CCCC1)N(c1ccccc1)C1CCCCC1. The maximum atomic E-state index is 5.84. The Balaban J connectivity index is 1.67. The molecular weight excluding hydrogens is 288 g/mol. The number of nitrogens with zero attached hydrogens (tertiary/aromatic N) is 1. The monoisotopic (exact) mass is 316 g/mol. The summed E-state index contributed by atoms with van der Waals surface area (Å²) in [5.41, 5.74) is 1.27. The average molecular weight is 317 g/mol. The first-order valence-electron chi connectivity index (χ1n) is 8.95. The standard InChI is InChI=1S/C19H28N2S/c22-19(15-20-16-9-7-8-10-16)21(17-11-3-1-4-12-17)18-13-5-2-6-14-18/h1,3-4,11-12,16,18,20H,2,5-10,13-15H2. The van der Waals surface area contributed by atoms with Crippen LogP contribution in [0.1, 0.15) is 57.8 Å². The van der Waals surface area contributed by atoms with Gasteiger partial charge in [0.2, 0.25) is 0 Å². The van der Waals surface area contributed by atoms with Crippen LogP contribution in [0.2, 0.25) is 0 Å². The van der Waals surface area contributed by atoms with Gasteiger partial charge in [0.25, 0.3) is 0 Å². The van der Waals surface area contributed by atoms with Gasteiger partial charge >= 0.3 is 0 Å². The Morgan fingerprint density at radius 2 is 1.59 bits per heavy atom. The lowest BCUT2D eigenvalue weighted by Crippen LogP contribution is -2.46. The lowest BCUT2D eigenvalue weighted by Gasteiger charge is -2.36. The molecule has 0 amide bonds. The summed E-state index contributed by atoms with van der Waals surface area (Å²) < 4.78 is 0. The minimum atomic E-state index is 0.592. The lowest BCUT2D eigenvalue weighted by atomic mass is 9.93. The quantitative estimate of drug-likeness (QED) is 0.794. The van der Waals surface area contributed by atoms with E-state index in [0.717, 1.165) is 11.5 Å². The third-order valence-electron chi connectivity index (χ3n) is 5.14. The molecule has 120 valence electrons. The molecule has 0 bridgehead atoms. The van der Waals surface area contributed by atoms with Crippen LogP contribution < -0.4 is 10.2 Å². The van der Waals surface area contributed by atoms with Crippen molar-refractivity contribution in [3.05, 3.63) is 30.3 Å². The van der Waals surface area contributed by atoms with E-state index in [1.165, 1.54) is 63.5 Å². The molecule has 0 saturated heterocycles. The molecule has 2 saturated carbocycles. The summed E-state index contributed by atoms with van der Waals surface area (Å²) >= 11 is 5.84. The first kappa shape index (κ1) is 15.9. The Morgan fingerprint density at radius 3 is 2.27 bits per heavy atom. The Kier molecular flexibility index (Phi) is 5.85. The van der Waals surface area contributed by atoms with Crippen LogP contribution in [0, 0.1) is 0 Å². The van der Waals surface area contributed by atoms with Crippen molar-refractivity contribution >= 4 is 22.9 Å². The number of hydrogen-bond acceptors (Lipinski definition) is 2. The molecule has 2 aliphatic carbocycles. The smallest absolute Gasteiger partial charge is 0.0966 e. The molecule has 0 aromatic heterocycles. The summed E-state index contributed by atoms with van der Waals surface area (Å²) in [5, 5.41) is 3.69. The average Bonchev–Trinajstić information content (AvgIpc) is 3.09. The van der Waals surface area contributed by atoms with Crippen molar-refractivity contribution in [3.63, 3.8) is 0 Å². The van der Waals surface area contributed by atoms with Gasteiger partial charge in [0.05, 0.1) is 4.99 Å². The molecule has 0 unspecified atom stereocenters. The number of para-hydroxylation sites is 1. The number of hydrogen-bond donors (Lipinski definition) is 1. The third-order valence-corrected chi connectivity index (χ3v) is 5.48. The summed E-state index contributed by atoms with van der Waals surface area (Å²) in [6.07, 6.45) is 12.0. The number of anilines is 1. The third kappa shape index (κ3) is 4.08. The molecule has 1 N–H and O–H groups in total. The largest absolute Gasteiger partial charge is 0.332 e. The number of benzene rings is 1. The van der Waals surface area contributed by atoms with Gasteiger partial charge in [0.1, 0.15) is 0 Å². The molecule has 22 heavy (non-hydrogen) atoms. The molecule has 1 aromatic carbocycles. The van der Waals surface area contributed by atoms with Crippen LogP contribution in [0.5, 0.6) is 0 Å². The van der Waals surface area contributed by atoms with Gasteiger partial charge in [-0.1, -0.05) is 62.5 Å². The van der Waals surface area contributed by atoms with Gasteiger partial charge in [-0.05, 0) is 37.8 Å². The highest BCUT2D eigenvalue weighted by molar-refractivity contribution is 7.80. The van der Waals surface area contributed by atoms with Gasteiger partial charge in [-0.25, -0.2) is 0 Å². The van der Waals surface area contributed by atoms with Crippen LogP contribution >= 0.6 is 12.2 Å². The second-order valence-electron chi connectivity index (χ2n) is 6.75. The maximum absolute atomic E-state index is 5.84. The molecule has 3 rings (SSSR count). The highest BCUT2D eigenvalue weighted by Crippen LogP contribution is 2.28. The predicted molar refractivity (Wildman–Crippen MR) is 98.7 cm³/mol. The summed E-state index contributed by atoms with van der Waals surface area (Å²) in [6.45, 7) is 0.853. The molecule has 0 radical (unpaired) electrons. The van der Waals surface area contributed by atoms with Crippen LogP contribution in [-0.4, -0.2) is 23.6 Å². The van der Waals surface area contributed by atoms with E-state index in [2.05, 4.69) is 40.5 Å². The van der Waals surface area contributed by atoms with E-state index in [1.807, 2.05) is 0 Å². The molecule has 2 aliphatic rings. The number of rotatable bonds is 5. The minimum absolute atomic E-state index is 0.592. The van der Waals surface area contributed by atoms with E-state index in [4.69, 9.17) is 12.2 Å². The van der Waals surface area contributed by atoms with Crippen LogP contribution in [0.25, 0.3) is 0 Å². The maximum Gasteiger partial charge on any atom is 0.0966 e. The molecule has 0 atom stereocenters. The molecular formula is C19H28N2S. The van der Waals surface area contributed by atoms with E-state index in [-0.39, 0.29) is 0 Å². The number of thiocarbonyl (C=S) groups is 1. The van der Waals surface area contributed by atoms with E-state index in [1.54, 1.807) is 0 Å². The van der Waals surface area contributed by atoms with Gasteiger partial charge in [0, 0.05) is 24.3 Å². The van der Waals surface area contributed by atoms with Crippen molar-refractivity contribution in [1.29, 1.82) is 0 Å². The number of nitrogens with one attached hydrogen (secondary N) is 1.